The molecular weight excluding hydrogens is 229 g/mol. The van der Waals surface area contributed by atoms with Crippen molar-refractivity contribution in [2.24, 2.45) is 0 Å². The minimum atomic E-state index is 0.612. The summed E-state index contributed by atoms with van der Waals surface area (Å²) in [4.78, 5) is 2.02. The van der Waals surface area contributed by atoms with Crippen LogP contribution in [0.4, 0.5) is 0 Å². The fourth-order valence-corrected chi connectivity index (χ4v) is 1.94. The lowest BCUT2D eigenvalue weighted by molar-refractivity contribution is 0.409. The van der Waals surface area contributed by atoms with Gasteiger partial charge in [0.1, 0.15) is 5.16 Å². The Bertz CT molecular complexity index is 329. The predicted molar refractivity (Wildman–Crippen MR) is 68.0 cm³/mol. The maximum atomic E-state index is 6.21. The summed E-state index contributed by atoms with van der Waals surface area (Å²) < 4.78 is 0. The van der Waals surface area contributed by atoms with Gasteiger partial charge in [-0.05, 0) is 19.4 Å². The van der Waals surface area contributed by atoms with Gasteiger partial charge in [0.05, 0.1) is 5.03 Å². The van der Waals surface area contributed by atoms with E-state index in [0.29, 0.717) is 10.2 Å². The molecule has 1 aromatic rings. The van der Waals surface area contributed by atoms with E-state index in [0.717, 1.165) is 18.7 Å². The Labute approximate surface area is 101 Å². The van der Waals surface area contributed by atoms with Crippen molar-refractivity contribution in [3.8, 4) is 0 Å². The molecule has 0 spiro atoms. The number of nitrogens with zero attached hydrogens (tertiary/aromatic N) is 1. The smallest absolute Gasteiger partial charge is 0.124 e. The van der Waals surface area contributed by atoms with Crippen LogP contribution in [0.25, 0.3) is 5.03 Å². The third-order valence-corrected chi connectivity index (χ3v) is 3.17. The van der Waals surface area contributed by atoms with E-state index in [2.05, 4.69) is 13.8 Å². The summed E-state index contributed by atoms with van der Waals surface area (Å²) in [6.07, 6.45) is 0. The van der Waals surface area contributed by atoms with Crippen LogP contribution < -0.4 is 0 Å². The molecule has 3 heteroatoms. The Morgan fingerprint density at radius 2 is 1.60 bits per heavy atom. The third kappa shape index (κ3) is 3.15. The van der Waals surface area contributed by atoms with Gasteiger partial charge in [0.15, 0.2) is 0 Å². The highest BCUT2D eigenvalue weighted by atomic mass is 35.5. The van der Waals surface area contributed by atoms with Crippen molar-refractivity contribution in [2.75, 3.05) is 13.1 Å². The van der Waals surface area contributed by atoms with Gasteiger partial charge < -0.3 is 4.90 Å². The number of hydrogen-bond donors (Lipinski definition) is 0. The van der Waals surface area contributed by atoms with E-state index in [4.69, 9.17) is 23.2 Å². The van der Waals surface area contributed by atoms with Gasteiger partial charge >= 0.3 is 0 Å². The van der Waals surface area contributed by atoms with E-state index in [1.54, 1.807) is 0 Å². The molecule has 0 bridgehead atoms. The zero-order chi connectivity index (χ0) is 11.3. The van der Waals surface area contributed by atoms with Crippen LogP contribution in [0.15, 0.2) is 35.5 Å². The molecule has 0 N–H and O–H groups in total. The molecule has 0 aromatic heterocycles. The molecule has 0 amide bonds. The second kappa shape index (κ2) is 6.04. The molecule has 0 saturated heterocycles. The monoisotopic (exact) mass is 243 g/mol. The van der Waals surface area contributed by atoms with E-state index in [-0.39, 0.29) is 0 Å². The lowest BCUT2D eigenvalue weighted by atomic mass is 10.2. The van der Waals surface area contributed by atoms with Crippen molar-refractivity contribution >= 4 is 28.2 Å². The molecule has 0 atom stereocenters. The first-order chi connectivity index (χ1) is 7.20. The van der Waals surface area contributed by atoms with Crippen LogP contribution in [0.1, 0.15) is 19.4 Å². The van der Waals surface area contributed by atoms with Crippen LogP contribution in [-0.4, -0.2) is 18.0 Å². The largest absolute Gasteiger partial charge is 0.362 e. The summed E-state index contributed by atoms with van der Waals surface area (Å²) >= 11 is 12.4. The fraction of sp³-hybridized carbons (Fsp3) is 0.333. The Morgan fingerprint density at radius 3 is 2.07 bits per heavy atom. The highest BCUT2D eigenvalue weighted by Crippen LogP contribution is 2.27. The standard InChI is InChI=1S/C12H15Cl2N/c1-3-15(4-2)12(14)11(13)10-8-6-5-7-9-10/h5-9H,3-4H2,1-2H3. The van der Waals surface area contributed by atoms with Gasteiger partial charge in [-0.25, -0.2) is 0 Å². The van der Waals surface area contributed by atoms with Gasteiger partial charge in [-0.15, -0.1) is 0 Å². The molecule has 0 aliphatic rings. The van der Waals surface area contributed by atoms with Crippen molar-refractivity contribution in [3.63, 3.8) is 0 Å². The second-order valence-electron chi connectivity index (χ2n) is 3.14. The number of halogens is 2. The van der Waals surface area contributed by atoms with Gasteiger partial charge in [0, 0.05) is 13.1 Å². The van der Waals surface area contributed by atoms with Crippen molar-refractivity contribution < 1.29 is 0 Å². The summed E-state index contributed by atoms with van der Waals surface area (Å²) in [5.74, 6) is 0. The van der Waals surface area contributed by atoms with Crippen LogP contribution in [0.5, 0.6) is 0 Å². The van der Waals surface area contributed by atoms with Crippen molar-refractivity contribution in [3.05, 3.63) is 41.1 Å². The SMILES string of the molecule is CCN(CC)C(Cl)=C(Cl)c1ccccc1. The number of hydrogen-bond acceptors (Lipinski definition) is 1. The molecule has 0 saturated carbocycles. The van der Waals surface area contributed by atoms with Gasteiger partial charge in [-0.1, -0.05) is 53.5 Å². The molecule has 0 radical (unpaired) electrons. The van der Waals surface area contributed by atoms with Crippen LogP contribution in [0, 0.1) is 0 Å². The molecule has 0 heterocycles. The number of benzene rings is 1. The van der Waals surface area contributed by atoms with Crippen LogP contribution in [0.2, 0.25) is 0 Å². The summed E-state index contributed by atoms with van der Waals surface area (Å²) in [6.45, 7) is 5.83. The molecule has 15 heavy (non-hydrogen) atoms. The highest BCUT2D eigenvalue weighted by molar-refractivity contribution is 6.54. The maximum absolute atomic E-state index is 6.21. The zero-order valence-electron chi connectivity index (χ0n) is 9.00. The fourth-order valence-electron chi connectivity index (χ4n) is 1.34. The molecule has 0 aliphatic heterocycles. The average Bonchev–Trinajstić information content (AvgIpc) is 2.30. The summed E-state index contributed by atoms with van der Waals surface area (Å²) in [5.41, 5.74) is 0.955. The molecule has 1 aromatic carbocycles. The summed E-state index contributed by atoms with van der Waals surface area (Å²) in [5, 5.41) is 1.23. The summed E-state index contributed by atoms with van der Waals surface area (Å²) in [7, 11) is 0. The highest BCUT2D eigenvalue weighted by Gasteiger charge is 2.09. The Hall–Kier alpha value is -0.660. The van der Waals surface area contributed by atoms with Crippen LogP contribution >= 0.6 is 23.2 Å². The van der Waals surface area contributed by atoms with E-state index >= 15 is 0 Å². The Balaban J connectivity index is 2.99. The van der Waals surface area contributed by atoms with E-state index in [9.17, 15) is 0 Å². The quantitative estimate of drug-likeness (QED) is 0.719. The van der Waals surface area contributed by atoms with E-state index in [1.807, 2.05) is 35.2 Å². The lowest BCUT2D eigenvalue weighted by Crippen LogP contribution is -2.19. The Morgan fingerprint density at radius 1 is 1.07 bits per heavy atom. The molecule has 0 unspecified atom stereocenters. The first-order valence-electron chi connectivity index (χ1n) is 5.06. The van der Waals surface area contributed by atoms with E-state index in [1.165, 1.54) is 0 Å². The Kier molecular flexibility index (Phi) is 5.00. The molecule has 1 nitrogen and oxygen atoms in total. The van der Waals surface area contributed by atoms with Crippen molar-refractivity contribution in [1.29, 1.82) is 0 Å². The van der Waals surface area contributed by atoms with Gasteiger partial charge in [0.25, 0.3) is 0 Å². The number of rotatable bonds is 4. The van der Waals surface area contributed by atoms with Gasteiger partial charge in [-0.3, -0.25) is 0 Å². The second-order valence-corrected chi connectivity index (χ2v) is 3.88. The van der Waals surface area contributed by atoms with Crippen LogP contribution in [0.3, 0.4) is 0 Å². The molecule has 0 fully saturated rings. The van der Waals surface area contributed by atoms with Gasteiger partial charge in [-0.2, -0.15) is 0 Å². The predicted octanol–water partition coefficient (Wildman–Crippen LogP) is 4.13. The lowest BCUT2D eigenvalue weighted by Gasteiger charge is -2.20. The molecule has 1 rings (SSSR count). The topological polar surface area (TPSA) is 3.24 Å². The van der Waals surface area contributed by atoms with Crippen molar-refractivity contribution in [2.45, 2.75) is 13.8 Å². The van der Waals surface area contributed by atoms with Crippen LogP contribution in [-0.2, 0) is 0 Å². The zero-order valence-corrected chi connectivity index (χ0v) is 10.5. The third-order valence-electron chi connectivity index (χ3n) is 2.25. The summed E-state index contributed by atoms with van der Waals surface area (Å²) in [6, 6.07) is 9.76. The first-order valence-corrected chi connectivity index (χ1v) is 5.81. The average molecular weight is 244 g/mol. The maximum Gasteiger partial charge on any atom is 0.124 e. The first kappa shape index (κ1) is 12.4. The van der Waals surface area contributed by atoms with E-state index < -0.39 is 0 Å². The van der Waals surface area contributed by atoms with Crippen molar-refractivity contribution in [1.82, 2.24) is 4.90 Å². The molecule has 82 valence electrons. The van der Waals surface area contributed by atoms with Gasteiger partial charge in [0.2, 0.25) is 0 Å². The minimum absolute atomic E-state index is 0.612. The molecular formula is C12H15Cl2N. The molecule has 0 aliphatic carbocycles. The minimum Gasteiger partial charge on any atom is -0.362 e. The normalized spacial score (nSPS) is 12.3.